The lowest BCUT2D eigenvalue weighted by Gasteiger charge is -2.11. The maximum Gasteiger partial charge on any atom is 0.176 e. The highest BCUT2D eigenvalue weighted by Gasteiger charge is 2.17. The fourth-order valence-electron chi connectivity index (χ4n) is 1.98. The maximum absolute atomic E-state index is 14.4. The second-order valence-corrected chi connectivity index (χ2v) is 5.69. The molecule has 3 rings (SSSR count). The van der Waals surface area contributed by atoms with Crippen LogP contribution < -0.4 is 5.32 Å². The third kappa shape index (κ3) is 5.03. The van der Waals surface area contributed by atoms with Gasteiger partial charge in [0.15, 0.2) is 12.1 Å². The summed E-state index contributed by atoms with van der Waals surface area (Å²) in [5, 5.41) is 6.30. The highest BCUT2D eigenvalue weighted by atomic mass is 32.1. The van der Waals surface area contributed by atoms with Crippen molar-refractivity contribution in [3.8, 4) is 0 Å². The molecule has 0 bridgehead atoms. The number of methoxy groups -OCH3 is 1. The number of carbonyl (C=O) groups is 1. The average molecular weight is 381 g/mol. The van der Waals surface area contributed by atoms with Gasteiger partial charge in [0.2, 0.25) is 0 Å². The molecule has 2 aromatic carbocycles. The number of carbonyl (C=O) groups excluding carboxylic acids is 1. The molecular weight excluding hydrogens is 360 g/mol. The lowest BCUT2D eigenvalue weighted by atomic mass is 10.1. The van der Waals surface area contributed by atoms with Crippen LogP contribution in [0.2, 0.25) is 0 Å². The van der Waals surface area contributed by atoms with Crippen LogP contribution in [-0.4, -0.2) is 30.1 Å². The lowest BCUT2D eigenvalue weighted by Crippen LogP contribution is -2.01. The Bertz CT molecular complexity index is 869. The monoisotopic (exact) mass is 381 g/mol. The van der Waals surface area contributed by atoms with Gasteiger partial charge >= 0.3 is 0 Å². The summed E-state index contributed by atoms with van der Waals surface area (Å²) in [5.74, 6) is -1.24. The van der Waals surface area contributed by atoms with Crippen LogP contribution >= 0.6 is 11.5 Å². The Morgan fingerprint density at radius 3 is 2.42 bits per heavy atom. The van der Waals surface area contributed by atoms with Crippen molar-refractivity contribution in [1.82, 2.24) is 9.59 Å². The van der Waals surface area contributed by atoms with Crippen molar-refractivity contribution in [1.29, 1.82) is 0 Å². The first-order valence-electron chi connectivity index (χ1n) is 7.84. The van der Waals surface area contributed by atoms with Crippen LogP contribution in [-0.2, 0) is 4.74 Å². The number of nitrogens with zero attached hydrogens (tertiary/aromatic N) is 2. The molecule has 3 aromatic rings. The van der Waals surface area contributed by atoms with Gasteiger partial charge in [0.1, 0.15) is 11.3 Å². The van der Waals surface area contributed by atoms with Gasteiger partial charge in [-0.05, 0) is 42.2 Å². The summed E-state index contributed by atoms with van der Waals surface area (Å²) in [4.78, 5) is 11.1. The fourth-order valence-corrected chi connectivity index (χ4v) is 2.59. The first-order chi connectivity index (χ1) is 12.5. The molecule has 0 saturated carbocycles. The summed E-state index contributed by atoms with van der Waals surface area (Å²) in [6, 6.07) is 5.98. The number of aromatic nitrogens is 2. The van der Waals surface area contributed by atoms with Crippen molar-refractivity contribution in [3.63, 3.8) is 0 Å². The van der Waals surface area contributed by atoms with Gasteiger partial charge in [-0.15, -0.1) is 5.10 Å². The van der Waals surface area contributed by atoms with Crippen molar-refractivity contribution in [2.75, 3.05) is 19.5 Å². The number of ether oxygens (including phenoxy) is 1. The minimum Gasteiger partial charge on any atom is -0.388 e. The van der Waals surface area contributed by atoms with E-state index in [9.17, 15) is 13.6 Å². The number of fused-ring (bicyclic) bond motifs is 1. The number of hydrogen-bond donors (Lipinski definition) is 1. The first-order valence-corrected chi connectivity index (χ1v) is 8.62. The molecule has 0 aliphatic carbocycles. The molecule has 0 fully saturated rings. The standard InChI is InChI=1S/C14H9F2N3OS.C2H6O.C2H6/c1-7-2-3-10(9(15)4-7)17-13-8(6-20)5-11-14(12(13)16)18-19-21-11;1-3-2;1-2/h2-6,17H,1H3;1-2H3;1-2H3. The minimum atomic E-state index is -0.719. The van der Waals surface area contributed by atoms with E-state index in [1.54, 1.807) is 27.2 Å². The Balaban J connectivity index is 0.000000615. The van der Waals surface area contributed by atoms with E-state index in [-0.39, 0.29) is 22.5 Å². The normalized spacial score (nSPS) is 9.65. The minimum absolute atomic E-state index is 0.0561. The van der Waals surface area contributed by atoms with E-state index >= 15 is 0 Å². The molecule has 1 aromatic heterocycles. The Morgan fingerprint density at radius 1 is 1.19 bits per heavy atom. The molecule has 0 aliphatic heterocycles. The van der Waals surface area contributed by atoms with Gasteiger partial charge in [0, 0.05) is 19.8 Å². The molecule has 0 aliphatic rings. The molecule has 0 spiro atoms. The van der Waals surface area contributed by atoms with E-state index < -0.39 is 11.6 Å². The van der Waals surface area contributed by atoms with E-state index in [0.29, 0.717) is 11.0 Å². The second kappa shape index (κ2) is 10.5. The summed E-state index contributed by atoms with van der Waals surface area (Å²) in [7, 11) is 3.25. The van der Waals surface area contributed by atoms with Gasteiger partial charge in [-0.3, -0.25) is 4.79 Å². The molecule has 0 unspecified atom stereocenters. The van der Waals surface area contributed by atoms with Crippen molar-refractivity contribution in [2.45, 2.75) is 20.8 Å². The third-order valence-corrected chi connectivity index (χ3v) is 3.70. The van der Waals surface area contributed by atoms with E-state index in [1.807, 2.05) is 13.8 Å². The summed E-state index contributed by atoms with van der Waals surface area (Å²) in [6.45, 7) is 5.75. The van der Waals surface area contributed by atoms with E-state index in [1.165, 1.54) is 18.2 Å². The average Bonchev–Trinajstić information content (AvgIpc) is 3.10. The van der Waals surface area contributed by atoms with Crippen LogP contribution in [0.15, 0.2) is 24.3 Å². The van der Waals surface area contributed by atoms with Gasteiger partial charge in [0.25, 0.3) is 0 Å². The van der Waals surface area contributed by atoms with Crippen LogP contribution in [0.25, 0.3) is 10.2 Å². The predicted octanol–water partition coefficient (Wildman–Crippen LogP) is 5.12. The third-order valence-electron chi connectivity index (χ3n) is 3.03. The van der Waals surface area contributed by atoms with Crippen LogP contribution in [0.5, 0.6) is 0 Å². The smallest absolute Gasteiger partial charge is 0.176 e. The van der Waals surface area contributed by atoms with E-state index in [2.05, 4.69) is 19.6 Å². The summed E-state index contributed by atoms with van der Waals surface area (Å²) < 4.78 is 36.6. The van der Waals surface area contributed by atoms with E-state index in [0.717, 1.165) is 17.1 Å². The van der Waals surface area contributed by atoms with Gasteiger partial charge in [-0.2, -0.15) is 0 Å². The fraction of sp³-hybridized carbons (Fsp3) is 0.278. The number of nitrogens with one attached hydrogen (secondary N) is 1. The van der Waals surface area contributed by atoms with Crippen LogP contribution in [0, 0.1) is 18.6 Å². The second-order valence-electron chi connectivity index (χ2n) is 4.91. The maximum atomic E-state index is 14.4. The Hall–Kier alpha value is -2.45. The zero-order chi connectivity index (χ0) is 19.7. The molecule has 140 valence electrons. The molecule has 0 radical (unpaired) electrons. The molecule has 1 heterocycles. The predicted molar refractivity (Wildman–Crippen MR) is 101 cm³/mol. The molecule has 5 nitrogen and oxygen atoms in total. The van der Waals surface area contributed by atoms with Crippen molar-refractivity contribution >= 4 is 39.4 Å². The highest BCUT2D eigenvalue weighted by molar-refractivity contribution is 7.13. The number of benzene rings is 2. The van der Waals surface area contributed by atoms with Gasteiger partial charge in [-0.1, -0.05) is 24.4 Å². The molecule has 1 N–H and O–H groups in total. The zero-order valence-electron chi connectivity index (χ0n) is 15.3. The van der Waals surface area contributed by atoms with Gasteiger partial charge in [0.05, 0.1) is 16.1 Å². The Morgan fingerprint density at radius 2 is 1.85 bits per heavy atom. The number of hydrogen-bond acceptors (Lipinski definition) is 6. The lowest BCUT2D eigenvalue weighted by molar-refractivity contribution is 0.112. The molecular formula is C18H21F2N3O2S. The molecule has 26 heavy (non-hydrogen) atoms. The highest BCUT2D eigenvalue weighted by Crippen LogP contribution is 2.31. The SMILES string of the molecule is CC.COC.Cc1ccc(Nc2c(C=O)cc3snnc3c2F)c(F)c1. The van der Waals surface area contributed by atoms with Crippen molar-refractivity contribution < 1.29 is 18.3 Å². The van der Waals surface area contributed by atoms with Gasteiger partial charge < -0.3 is 10.1 Å². The summed E-state index contributed by atoms with van der Waals surface area (Å²) in [5.41, 5.74) is 0.873. The Labute approximate surface area is 155 Å². The number of aldehydes is 1. The number of anilines is 2. The summed E-state index contributed by atoms with van der Waals surface area (Å²) >= 11 is 0.989. The Kier molecular flexibility index (Phi) is 8.74. The van der Waals surface area contributed by atoms with Crippen molar-refractivity contribution in [3.05, 3.63) is 47.0 Å². The number of rotatable bonds is 3. The van der Waals surface area contributed by atoms with Gasteiger partial charge in [-0.25, -0.2) is 8.78 Å². The number of halogens is 2. The molecule has 0 amide bonds. The summed E-state index contributed by atoms with van der Waals surface area (Å²) in [6.07, 6.45) is 0.511. The topological polar surface area (TPSA) is 64.1 Å². The zero-order valence-corrected chi connectivity index (χ0v) is 16.1. The molecule has 8 heteroatoms. The first kappa shape index (κ1) is 21.6. The number of aryl methyl sites for hydroxylation is 1. The molecule has 0 atom stereocenters. The van der Waals surface area contributed by atoms with Crippen LogP contribution in [0.3, 0.4) is 0 Å². The van der Waals surface area contributed by atoms with Crippen molar-refractivity contribution in [2.24, 2.45) is 0 Å². The van der Waals surface area contributed by atoms with Crippen LogP contribution in [0.4, 0.5) is 20.2 Å². The quantitative estimate of drug-likeness (QED) is 0.638. The van der Waals surface area contributed by atoms with Crippen LogP contribution in [0.1, 0.15) is 29.8 Å². The molecule has 0 saturated heterocycles. The largest absolute Gasteiger partial charge is 0.388 e. The van der Waals surface area contributed by atoms with E-state index in [4.69, 9.17) is 0 Å².